The van der Waals surface area contributed by atoms with Gasteiger partial charge in [0.2, 0.25) is 0 Å². The summed E-state index contributed by atoms with van der Waals surface area (Å²) in [6.07, 6.45) is 3.90. The molecule has 26 heavy (non-hydrogen) atoms. The molecule has 1 saturated heterocycles. The first kappa shape index (κ1) is 20.3. The quantitative estimate of drug-likeness (QED) is 0.469. The Morgan fingerprint density at radius 2 is 2.08 bits per heavy atom. The number of halogens is 1. The number of likely N-dealkylation sites (tertiary alicyclic amines) is 1. The van der Waals surface area contributed by atoms with Gasteiger partial charge in [-0.25, -0.2) is 0 Å². The number of nitrogens with zero attached hydrogens (tertiary/aromatic N) is 1. The lowest BCUT2D eigenvalue weighted by atomic mass is 9.92. The van der Waals surface area contributed by atoms with E-state index >= 15 is 0 Å². The minimum absolute atomic E-state index is 0.120. The van der Waals surface area contributed by atoms with E-state index in [9.17, 15) is 9.59 Å². The maximum atomic E-state index is 12.3. The van der Waals surface area contributed by atoms with Crippen molar-refractivity contribution < 1.29 is 19.4 Å². The van der Waals surface area contributed by atoms with Crippen molar-refractivity contribution in [1.82, 2.24) is 10.2 Å². The molecule has 144 valence electrons. The van der Waals surface area contributed by atoms with E-state index in [-0.39, 0.29) is 12.5 Å². The molecule has 0 spiro atoms. The van der Waals surface area contributed by atoms with Gasteiger partial charge < -0.3 is 20.9 Å². The molecular weight excluding hydrogens is 358 g/mol. The van der Waals surface area contributed by atoms with Gasteiger partial charge in [0.25, 0.3) is 5.91 Å². The summed E-state index contributed by atoms with van der Waals surface area (Å²) >= 11 is 5.99. The normalized spacial score (nSPS) is 15.6. The number of amides is 1. The second kappa shape index (κ2) is 9.64. The summed E-state index contributed by atoms with van der Waals surface area (Å²) in [6.45, 7) is 2.34. The maximum Gasteiger partial charge on any atom is 0.317 e. The van der Waals surface area contributed by atoms with Crippen LogP contribution >= 0.6 is 11.6 Å². The molecule has 7 nitrogen and oxygen atoms in total. The summed E-state index contributed by atoms with van der Waals surface area (Å²) in [5.41, 5.74) is 6.47. The van der Waals surface area contributed by atoms with Crippen LogP contribution in [0.4, 0.5) is 5.69 Å². The van der Waals surface area contributed by atoms with E-state index < -0.39 is 5.97 Å². The Kier molecular flexibility index (Phi) is 7.53. The zero-order valence-electron chi connectivity index (χ0n) is 15.0. The fraction of sp³-hybridized carbons (Fsp3) is 0.556. The Hall–Kier alpha value is -1.99. The van der Waals surface area contributed by atoms with Gasteiger partial charge in [-0.05, 0) is 50.8 Å². The van der Waals surface area contributed by atoms with Crippen LogP contribution < -0.4 is 15.8 Å². The van der Waals surface area contributed by atoms with Crippen LogP contribution in [0.15, 0.2) is 12.1 Å². The van der Waals surface area contributed by atoms with E-state index in [1.807, 2.05) is 4.90 Å². The maximum absolute atomic E-state index is 12.3. The lowest BCUT2D eigenvalue weighted by Crippen LogP contribution is -2.37. The van der Waals surface area contributed by atoms with Gasteiger partial charge in [0.1, 0.15) is 5.75 Å². The number of nitrogens with two attached hydrogens (primary N) is 1. The van der Waals surface area contributed by atoms with Crippen molar-refractivity contribution >= 4 is 29.2 Å². The minimum Gasteiger partial charge on any atom is -0.496 e. The summed E-state index contributed by atoms with van der Waals surface area (Å²) in [5.74, 6) is -0.0305. The Balaban J connectivity index is 1.73. The van der Waals surface area contributed by atoms with E-state index in [1.54, 1.807) is 6.07 Å². The highest BCUT2D eigenvalue weighted by Crippen LogP contribution is 2.28. The predicted molar refractivity (Wildman–Crippen MR) is 101 cm³/mol. The third-order valence-electron chi connectivity index (χ3n) is 4.70. The SMILES string of the molecule is COc1cc(N)c(Cl)cc1C(=O)NCCCC1CCN(CC(=O)O)CC1. The second-order valence-corrected chi connectivity index (χ2v) is 6.99. The molecule has 0 unspecified atom stereocenters. The van der Waals surface area contributed by atoms with E-state index in [2.05, 4.69) is 5.32 Å². The van der Waals surface area contributed by atoms with Crippen LogP contribution in [0.1, 0.15) is 36.0 Å². The van der Waals surface area contributed by atoms with Crippen molar-refractivity contribution in [3.63, 3.8) is 0 Å². The first-order chi connectivity index (χ1) is 12.4. The molecule has 1 aromatic carbocycles. The molecule has 1 fully saturated rings. The van der Waals surface area contributed by atoms with Crippen LogP contribution in [0.2, 0.25) is 5.02 Å². The van der Waals surface area contributed by atoms with Crippen molar-refractivity contribution in [1.29, 1.82) is 0 Å². The zero-order chi connectivity index (χ0) is 19.1. The van der Waals surface area contributed by atoms with Gasteiger partial charge in [0, 0.05) is 12.6 Å². The van der Waals surface area contributed by atoms with Crippen molar-refractivity contribution in [2.75, 3.05) is 39.0 Å². The fourth-order valence-corrected chi connectivity index (χ4v) is 3.39. The van der Waals surface area contributed by atoms with Crippen molar-refractivity contribution in [3.05, 3.63) is 22.7 Å². The largest absolute Gasteiger partial charge is 0.496 e. The van der Waals surface area contributed by atoms with Crippen LogP contribution in [0.3, 0.4) is 0 Å². The average Bonchev–Trinajstić information content (AvgIpc) is 2.61. The van der Waals surface area contributed by atoms with Gasteiger partial charge in [0.15, 0.2) is 0 Å². The number of hydrogen-bond donors (Lipinski definition) is 3. The van der Waals surface area contributed by atoms with Gasteiger partial charge in [-0.1, -0.05) is 11.6 Å². The molecule has 1 aliphatic rings. The molecule has 0 saturated carbocycles. The lowest BCUT2D eigenvalue weighted by molar-refractivity contribution is -0.138. The van der Waals surface area contributed by atoms with Crippen LogP contribution in [-0.4, -0.2) is 55.2 Å². The van der Waals surface area contributed by atoms with Gasteiger partial charge in [-0.2, -0.15) is 0 Å². The summed E-state index contributed by atoms with van der Waals surface area (Å²) in [7, 11) is 1.48. The van der Waals surface area contributed by atoms with Gasteiger partial charge in [-0.15, -0.1) is 0 Å². The third-order valence-corrected chi connectivity index (χ3v) is 5.03. The summed E-state index contributed by atoms with van der Waals surface area (Å²) < 4.78 is 5.20. The molecule has 2 rings (SSSR count). The number of methoxy groups -OCH3 is 1. The summed E-state index contributed by atoms with van der Waals surface area (Å²) in [5, 5.41) is 12.0. The van der Waals surface area contributed by atoms with Gasteiger partial charge >= 0.3 is 5.97 Å². The lowest BCUT2D eigenvalue weighted by Gasteiger charge is -2.30. The number of carbonyl (C=O) groups excluding carboxylic acids is 1. The van der Waals surface area contributed by atoms with E-state index in [0.717, 1.165) is 38.8 Å². The highest BCUT2D eigenvalue weighted by molar-refractivity contribution is 6.33. The second-order valence-electron chi connectivity index (χ2n) is 6.59. The van der Waals surface area contributed by atoms with Gasteiger partial charge in [-0.3, -0.25) is 14.5 Å². The molecule has 1 amide bonds. The Morgan fingerprint density at radius 3 is 2.69 bits per heavy atom. The number of aliphatic carboxylic acids is 1. The fourth-order valence-electron chi connectivity index (χ4n) is 3.23. The van der Waals surface area contributed by atoms with E-state index in [4.69, 9.17) is 27.2 Å². The Morgan fingerprint density at radius 1 is 1.38 bits per heavy atom. The van der Waals surface area contributed by atoms with E-state index in [0.29, 0.717) is 34.5 Å². The number of anilines is 1. The molecule has 4 N–H and O–H groups in total. The van der Waals surface area contributed by atoms with Crippen molar-refractivity contribution in [2.45, 2.75) is 25.7 Å². The number of rotatable bonds is 8. The average molecular weight is 384 g/mol. The van der Waals surface area contributed by atoms with Crippen LogP contribution in [0.25, 0.3) is 0 Å². The molecule has 8 heteroatoms. The molecule has 0 atom stereocenters. The van der Waals surface area contributed by atoms with Crippen LogP contribution in [0, 0.1) is 5.92 Å². The summed E-state index contributed by atoms with van der Waals surface area (Å²) in [6, 6.07) is 3.06. The molecular formula is C18H26ClN3O4. The number of carboxylic acid groups (broad SMARTS) is 1. The molecule has 0 aromatic heterocycles. The third kappa shape index (κ3) is 5.78. The van der Waals surface area contributed by atoms with Crippen molar-refractivity contribution in [2.24, 2.45) is 5.92 Å². The minimum atomic E-state index is -0.774. The highest BCUT2D eigenvalue weighted by Gasteiger charge is 2.20. The van der Waals surface area contributed by atoms with Crippen LogP contribution in [-0.2, 0) is 4.79 Å². The first-order valence-electron chi connectivity index (χ1n) is 8.76. The Labute approximate surface area is 158 Å². The summed E-state index contributed by atoms with van der Waals surface area (Å²) in [4.78, 5) is 25.0. The zero-order valence-corrected chi connectivity index (χ0v) is 15.7. The molecule has 0 radical (unpaired) electrons. The standard InChI is InChI=1S/C18H26ClN3O4/c1-26-16-10-15(20)14(19)9-13(16)18(25)21-6-2-3-12-4-7-22(8-5-12)11-17(23)24/h9-10,12H,2-8,11,20H2,1H3,(H,21,25)(H,23,24). The number of carbonyl (C=O) groups is 2. The van der Waals surface area contributed by atoms with Crippen LogP contribution in [0.5, 0.6) is 5.75 Å². The molecule has 1 heterocycles. The number of nitrogens with one attached hydrogen (secondary N) is 1. The first-order valence-corrected chi connectivity index (χ1v) is 9.14. The van der Waals surface area contributed by atoms with E-state index in [1.165, 1.54) is 13.2 Å². The predicted octanol–water partition coefficient (Wildman–Crippen LogP) is 2.24. The van der Waals surface area contributed by atoms with Crippen molar-refractivity contribution in [3.8, 4) is 5.75 Å². The number of benzene rings is 1. The monoisotopic (exact) mass is 383 g/mol. The molecule has 0 aliphatic carbocycles. The number of piperidine rings is 1. The number of ether oxygens (including phenoxy) is 1. The topological polar surface area (TPSA) is 105 Å². The molecule has 1 aromatic rings. The van der Waals surface area contributed by atoms with Gasteiger partial charge in [0.05, 0.1) is 29.9 Å². The smallest absolute Gasteiger partial charge is 0.317 e. The number of carboxylic acids is 1. The number of nitrogen functional groups attached to an aromatic ring is 1. The molecule has 1 aliphatic heterocycles. The highest BCUT2D eigenvalue weighted by atomic mass is 35.5. The molecule has 0 bridgehead atoms. The number of hydrogen-bond acceptors (Lipinski definition) is 5. The Bertz CT molecular complexity index is 646.